The first-order valence-corrected chi connectivity index (χ1v) is 11.1. The van der Waals surface area contributed by atoms with Crippen LogP contribution in [-0.4, -0.2) is 22.1 Å². The van der Waals surface area contributed by atoms with Gasteiger partial charge >= 0.3 is 0 Å². The molecule has 1 heterocycles. The van der Waals surface area contributed by atoms with Crippen LogP contribution in [0.1, 0.15) is 15.9 Å². The molecule has 0 aliphatic rings. The zero-order valence-electron chi connectivity index (χ0n) is 17.3. The first-order chi connectivity index (χ1) is 15.6. The predicted octanol–water partition coefficient (Wildman–Crippen LogP) is 5.73. The van der Waals surface area contributed by atoms with E-state index in [4.69, 9.17) is 4.74 Å². The number of nitrogens with zero attached hydrogens (tertiary/aromatic N) is 2. The highest BCUT2D eigenvalue weighted by atomic mass is 32.2. The second-order valence-electron chi connectivity index (χ2n) is 6.91. The molecule has 0 atom stereocenters. The number of amides is 1. The number of aromatic nitrogens is 2. The Bertz CT molecular complexity index is 1210. The van der Waals surface area contributed by atoms with E-state index in [2.05, 4.69) is 15.3 Å². The van der Waals surface area contributed by atoms with Gasteiger partial charge in [0.1, 0.15) is 17.9 Å². The van der Waals surface area contributed by atoms with Crippen LogP contribution in [0.15, 0.2) is 90.1 Å². The van der Waals surface area contributed by atoms with E-state index in [1.165, 1.54) is 23.4 Å². The number of thioether (sulfide) groups is 1. The normalized spacial score (nSPS) is 10.6. The summed E-state index contributed by atoms with van der Waals surface area (Å²) in [4.78, 5) is 22.1. The number of rotatable bonds is 7. The summed E-state index contributed by atoms with van der Waals surface area (Å²) in [5, 5.41) is 2.92. The van der Waals surface area contributed by atoms with E-state index < -0.39 is 0 Å². The smallest absolute Gasteiger partial charge is 0.251 e. The van der Waals surface area contributed by atoms with Crippen LogP contribution in [0.5, 0.6) is 11.6 Å². The molecule has 1 aromatic heterocycles. The van der Waals surface area contributed by atoms with Crippen LogP contribution in [0.4, 0.5) is 4.39 Å². The van der Waals surface area contributed by atoms with Gasteiger partial charge in [-0.15, -0.1) is 11.8 Å². The van der Waals surface area contributed by atoms with E-state index in [9.17, 15) is 9.18 Å². The molecule has 0 saturated heterocycles. The van der Waals surface area contributed by atoms with E-state index >= 15 is 0 Å². The molecular weight excluding hydrogens is 425 g/mol. The quantitative estimate of drug-likeness (QED) is 0.368. The van der Waals surface area contributed by atoms with Crippen molar-refractivity contribution in [3.8, 4) is 22.9 Å². The van der Waals surface area contributed by atoms with Crippen LogP contribution in [0.2, 0.25) is 0 Å². The summed E-state index contributed by atoms with van der Waals surface area (Å²) >= 11 is 1.68. The summed E-state index contributed by atoms with van der Waals surface area (Å²) in [6, 6.07) is 22.6. The summed E-state index contributed by atoms with van der Waals surface area (Å²) in [5.74, 6) is 0.293. The molecule has 7 heteroatoms. The van der Waals surface area contributed by atoms with Gasteiger partial charge in [0, 0.05) is 28.6 Å². The Kier molecular flexibility index (Phi) is 6.77. The molecule has 0 spiro atoms. The van der Waals surface area contributed by atoms with Gasteiger partial charge < -0.3 is 10.1 Å². The predicted molar refractivity (Wildman–Crippen MR) is 123 cm³/mol. The minimum atomic E-state index is -0.314. The molecule has 5 nitrogen and oxygen atoms in total. The maximum atomic E-state index is 13.2. The van der Waals surface area contributed by atoms with E-state index in [0.29, 0.717) is 29.4 Å². The van der Waals surface area contributed by atoms with Crippen LogP contribution in [0.3, 0.4) is 0 Å². The Labute approximate surface area is 189 Å². The van der Waals surface area contributed by atoms with Crippen molar-refractivity contribution in [3.63, 3.8) is 0 Å². The fraction of sp³-hybridized carbons (Fsp3) is 0.0800. The lowest BCUT2D eigenvalue weighted by atomic mass is 10.1. The highest BCUT2D eigenvalue weighted by Gasteiger charge is 2.09. The summed E-state index contributed by atoms with van der Waals surface area (Å²) in [7, 11) is 0. The van der Waals surface area contributed by atoms with Gasteiger partial charge in [-0.05, 0) is 66.4 Å². The number of halogens is 1. The SMILES string of the molecule is CSc1ccc(CNC(=O)c2cccc(Oc3cc(-c4ccc(F)cc4)ncn3)c2)cc1. The Morgan fingerprint density at radius 2 is 1.78 bits per heavy atom. The molecule has 4 rings (SSSR count). The van der Waals surface area contributed by atoms with E-state index in [1.807, 2.05) is 30.5 Å². The van der Waals surface area contributed by atoms with Gasteiger partial charge in [-0.1, -0.05) is 18.2 Å². The van der Waals surface area contributed by atoms with E-state index in [1.54, 1.807) is 54.2 Å². The number of hydrogen-bond donors (Lipinski definition) is 1. The number of carbonyl (C=O) groups is 1. The molecule has 0 aliphatic heterocycles. The third-order valence-electron chi connectivity index (χ3n) is 4.71. The van der Waals surface area contributed by atoms with Crippen molar-refractivity contribution >= 4 is 17.7 Å². The molecule has 3 aromatic carbocycles. The first-order valence-electron chi connectivity index (χ1n) is 9.88. The Morgan fingerprint density at radius 3 is 2.53 bits per heavy atom. The topological polar surface area (TPSA) is 64.1 Å². The molecule has 4 aromatic rings. The monoisotopic (exact) mass is 445 g/mol. The average Bonchev–Trinajstić information content (AvgIpc) is 2.83. The lowest BCUT2D eigenvalue weighted by molar-refractivity contribution is 0.0950. The fourth-order valence-electron chi connectivity index (χ4n) is 3.02. The maximum Gasteiger partial charge on any atom is 0.251 e. The Hall–Kier alpha value is -3.71. The third-order valence-corrected chi connectivity index (χ3v) is 5.46. The minimum absolute atomic E-state index is 0.195. The molecule has 0 unspecified atom stereocenters. The Morgan fingerprint density at radius 1 is 1.00 bits per heavy atom. The second kappa shape index (κ2) is 10.1. The summed E-state index contributed by atoms with van der Waals surface area (Å²) in [6.45, 7) is 0.436. The molecule has 32 heavy (non-hydrogen) atoms. The van der Waals surface area contributed by atoms with Crippen LogP contribution < -0.4 is 10.1 Å². The maximum absolute atomic E-state index is 13.2. The number of nitrogens with one attached hydrogen (secondary N) is 1. The summed E-state index contributed by atoms with van der Waals surface area (Å²) in [6.07, 6.45) is 3.41. The van der Waals surface area contributed by atoms with Gasteiger partial charge in [-0.2, -0.15) is 0 Å². The van der Waals surface area contributed by atoms with Gasteiger partial charge in [0.15, 0.2) is 0 Å². The largest absolute Gasteiger partial charge is 0.439 e. The Balaban J connectivity index is 1.43. The number of hydrogen-bond acceptors (Lipinski definition) is 5. The van der Waals surface area contributed by atoms with Crippen LogP contribution in [0, 0.1) is 5.82 Å². The first kappa shape index (κ1) is 21.5. The lowest BCUT2D eigenvalue weighted by Gasteiger charge is -2.09. The number of benzene rings is 3. The van der Waals surface area contributed by atoms with Crippen molar-refractivity contribution in [2.24, 2.45) is 0 Å². The molecule has 0 aliphatic carbocycles. The van der Waals surface area contributed by atoms with Gasteiger partial charge in [-0.25, -0.2) is 14.4 Å². The van der Waals surface area contributed by atoms with Crippen LogP contribution >= 0.6 is 11.8 Å². The molecule has 1 amide bonds. The van der Waals surface area contributed by atoms with Crippen molar-refractivity contribution in [2.45, 2.75) is 11.4 Å². The van der Waals surface area contributed by atoms with Gasteiger partial charge in [0.25, 0.3) is 5.91 Å². The molecule has 0 radical (unpaired) electrons. The van der Waals surface area contributed by atoms with Crippen LogP contribution in [-0.2, 0) is 6.54 Å². The van der Waals surface area contributed by atoms with E-state index in [-0.39, 0.29) is 11.7 Å². The number of carbonyl (C=O) groups excluding carboxylic acids is 1. The second-order valence-corrected chi connectivity index (χ2v) is 7.79. The third kappa shape index (κ3) is 5.50. The van der Waals surface area contributed by atoms with Crippen LogP contribution in [0.25, 0.3) is 11.3 Å². The molecule has 0 bridgehead atoms. The lowest BCUT2D eigenvalue weighted by Crippen LogP contribution is -2.22. The zero-order valence-corrected chi connectivity index (χ0v) is 18.1. The summed E-state index contributed by atoms with van der Waals surface area (Å²) < 4.78 is 19.0. The number of ether oxygens (including phenoxy) is 1. The minimum Gasteiger partial charge on any atom is -0.439 e. The zero-order chi connectivity index (χ0) is 22.3. The van der Waals surface area contributed by atoms with Gasteiger partial charge in [0.05, 0.1) is 5.69 Å². The summed E-state index contributed by atoms with van der Waals surface area (Å²) in [5.41, 5.74) is 2.86. The molecule has 1 N–H and O–H groups in total. The fourth-order valence-corrected chi connectivity index (χ4v) is 3.43. The van der Waals surface area contributed by atoms with Crippen molar-refractivity contribution < 1.29 is 13.9 Å². The standard InChI is InChI=1S/C25H20FN3O2S/c1-32-22-11-5-17(6-12-22)15-27-25(30)19-3-2-4-21(13-19)31-24-14-23(28-16-29-24)18-7-9-20(26)10-8-18/h2-14,16H,15H2,1H3,(H,27,30). The molecular formula is C25H20FN3O2S. The van der Waals surface area contributed by atoms with Gasteiger partial charge in [-0.3, -0.25) is 4.79 Å². The van der Waals surface area contributed by atoms with Crippen molar-refractivity contribution in [3.05, 3.63) is 102 Å². The highest BCUT2D eigenvalue weighted by Crippen LogP contribution is 2.24. The molecule has 160 valence electrons. The van der Waals surface area contributed by atoms with Gasteiger partial charge in [0.2, 0.25) is 5.88 Å². The molecule has 0 fully saturated rings. The van der Waals surface area contributed by atoms with E-state index in [0.717, 1.165) is 11.1 Å². The highest BCUT2D eigenvalue weighted by molar-refractivity contribution is 7.98. The van der Waals surface area contributed by atoms with Crippen molar-refractivity contribution in [1.82, 2.24) is 15.3 Å². The van der Waals surface area contributed by atoms with Crippen molar-refractivity contribution in [2.75, 3.05) is 6.26 Å². The molecule has 0 saturated carbocycles. The average molecular weight is 446 g/mol. The van der Waals surface area contributed by atoms with Crippen molar-refractivity contribution in [1.29, 1.82) is 0 Å².